The van der Waals surface area contributed by atoms with E-state index in [2.05, 4.69) is 51.6 Å². The molecular weight excluding hydrogens is 422 g/mol. The van der Waals surface area contributed by atoms with Crippen LogP contribution < -0.4 is 4.74 Å². The third-order valence-corrected chi connectivity index (χ3v) is 5.27. The van der Waals surface area contributed by atoms with Crippen LogP contribution in [-0.2, 0) is 13.3 Å². The van der Waals surface area contributed by atoms with E-state index in [0.717, 1.165) is 11.4 Å². The maximum atomic E-state index is 5.76. The number of rotatable bonds is 7. The van der Waals surface area contributed by atoms with E-state index in [9.17, 15) is 0 Å². The fourth-order valence-corrected chi connectivity index (χ4v) is 3.59. The largest absolute Gasteiger partial charge is 0.471 e. The minimum Gasteiger partial charge on any atom is -0.471 e. The van der Waals surface area contributed by atoms with Crippen molar-refractivity contribution in [2.24, 2.45) is 0 Å². The van der Waals surface area contributed by atoms with Gasteiger partial charge in [-0.2, -0.15) is 15.3 Å². The lowest BCUT2D eigenvalue weighted by molar-refractivity contribution is 0.221. The highest BCUT2D eigenvalue weighted by Crippen LogP contribution is 2.20. The highest BCUT2D eigenvalue weighted by atomic mass is 32.1. The van der Waals surface area contributed by atoms with E-state index in [4.69, 9.17) is 17.0 Å². The molecule has 0 fully saturated rings. The Morgan fingerprint density at radius 3 is 2.62 bits per heavy atom. The summed E-state index contributed by atoms with van der Waals surface area (Å²) in [6.07, 6.45) is 5.57. The first-order valence-corrected chi connectivity index (χ1v) is 10.5. The Morgan fingerprint density at radius 2 is 1.81 bits per heavy atom. The van der Waals surface area contributed by atoms with Crippen LogP contribution in [0.1, 0.15) is 11.1 Å². The van der Waals surface area contributed by atoms with Crippen molar-refractivity contribution in [3.8, 4) is 23.0 Å². The van der Waals surface area contributed by atoms with Gasteiger partial charge in [-0.25, -0.2) is 4.68 Å². The van der Waals surface area contributed by atoms with Crippen molar-refractivity contribution in [2.45, 2.75) is 20.2 Å². The summed E-state index contributed by atoms with van der Waals surface area (Å²) < 4.78 is 11.7. The number of para-hydroxylation sites is 1. The summed E-state index contributed by atoms with van der Waals surface area (Å²) in [6, 6.07) is 19.9. The number of hydrogen-bond acceptors (Lipinski definition) is 5. The van der Waals surface area contributed by atoms with Gasteiger partial charge >= 0.3 is 0 Å². The topological polar surface area (TPSA) is 78.5 Å². The SMILES string of the molecule is Cc1ccc(Cn2cc(-n3c(-c4ccn(COc5ccccc5)n4)n[nH]c3=S)cn2)cc1. The van der Waals surface area contributed by atoms with Crippen molar-refractivity contribution < 1.29 is 4.74 Å². The quantitative estimate of drug-likeness (QED) is 0.378. The van der Waals surface area contributed by atoms with Gasteiger partial charge in [0.05, 0.1) is 18.4 Å². The number of hydrogen-bond donors (Lipinski definition) is 1. The number of nitrogens with zero attached hydrogens (tertiary/aromatic N) is 6. The fraction of sp³-hybridized carbons (Fsp3) is 0.130. The number of nitrogens with one attached hydrogen (secondary N) is 1. The molecule has 9 heteroatoms. The number of benzene rings is 2. The maximum Gasteiger partial charge on any atom is 0.200 e. The molecule has 1 N–H and O–H groups in total. The van der Waals surface area contributed by atoms with Crippen LogP contribution in [-0.4, -0.2) is 34.3 Å². The first-order chi connectivity index (χ1) is 15.7. The molecule has 0 unspecified atom stereocenters. The van der Waals surface area contributed by atoms with Gasteiger partial charge in [0.1, 0.15) is 11.4 Å². The summed E-state index contributed by atoms with van der Waals surface area (Å²) in [5.74, 6) is 1.40. The highest BCUT2D eigenvalue weighted by molar-refractivity contribution is 7.71. The molecule has 32 heavy (non-hydrogen) atoms. The zero-order valence-corrected chi connectivity index (χ0v) is 18.2. The molecule has 0 aliphatic heterocycles. The minimum absolute atomic E-state index is 0.295. The number of aromatic nitrogens is 7. The van der Waals surface area contributed by atoms with Gasteiger partial charge < -0.3 is 4.74 Å². The van der Waals surface area contributed by atoms with Gasteiger partial charge in [0.25, 0.3) is 0 Å². The fourth-order valence-electron chi connectivity index (χ4n) is 3.35. The smallest absolute Gasteiger partial charge is 0.200 e. The third kappa shape index (κ3) is 4.23. The maximum absolute atomic E-state index is 5.76. The normalized spacial score (nSPS) is 11.0. The van der Waals surface area contributed by atoms with E-state index in [1.165, 1.54) is 11.1 Å². The molecule has 2 aromatic carbocycles. The first-order valence-electron chi connectivity index (χ1n) is 10.1. The second kappa shape index (κ2) is 8.64. The average Bonchev–Trinajstić information content (AvgIpc) is 3.54. The summed E-state index contributed by atoms with van der Waals surface area (Å²) in [4.78, 5) is 0. The summed E-state index contributed by atoms with van der Waals surface area (Å²) in [6.45, 7) is 3.04. The molecule has 3 heterocycles. The van der Waals surface area contributed by atoms with Crippen molar-refractivity contribution in [2.75, 3.05) is 0 Å². The summed E-state index contributed by atoms with van der Waals surface area (Å²) in [5.41, 5.74) is 3.91. The van der Waals surface area contributed by atoms with E-state index < -0.39 is 0 Å². The lowest BCUT2D eigenvalue weighted by Crippen LogP contribution is -2.06. The van der Waals surface area contributed by atoms with E-state index in [1.54, 1.807) is 10.9 Å². The zero-order chi connectivity index (χ0) is 21.9. The van der Waals surface area contributed by atoms with E-state index in [0.29, 0.717) is 29.6 Å². The van der Waals surface area contributed by atoms with Gasteiger partial charge in [-0.05, 0) is 42.9 Å². The molecular formula is C23H21N7OS. The van der Waals surface area contributed by atoms with Crippen molar-refractivity contribution >= 4 is 12.2 Å². The Morgan fingerprint density at radius 1 is 1.00 bits per heavy atom. The molecule has 160 valence electrons. The van der Waals surface area contributed by atoms with Crippen LogP contribution in [0.3, 0.4) is 0 Å². The van der Waals surface area contributed by atoms with Crippen molar-refractivity contribution in [3.63, 3.8) is 0 Å². The van der Waals surface area contributed by atoms with Gasteiger partial charge in [0.2, 0.25) is 0 Å². The van der Waals surface area contributed by atoms with Crippen LogP contribution in [0, 0.1) is 11.7 Å². The molecule has 0 aliphatic carbocycles. The zero-order valence-electron chi connectivity index (χ0n) is 17.4. The van der Waals surface area contributed by atoms with Gasteiger partial charge in [-0.15, -0.1) is 0 Å². The third-order valence-electron chi connectivity index (χ3n) is 4.99. The van der Waals surface area contributed by atoms with Crippen molar-refractivity contribution in [1.29, 1.82) is 0 Å². The number of H-pyrrole nitrogens is 1. The van der Waals surface area contributed by atoms with Gasteiger partial charge in [0, 0.05) is 12.4 Å². The molecule has 8 nitrogen and oxygen atoms in total. The molecule has 5 aromatic rings. The summed E-state index contributed by atoms with van der Waals surface area (Å²) in [7, 11) is 0. The van der Waals surface area contributed by atoms with Crippen LogP contribution in [0.2, 0.25) is 0 Å². The number of aryl methyl sites for hydroxylation is 1. The van der Waals surface area contributed by atoms with E-state index >= 15 is 0 Å². The second-order valence-corrected chi connectivity index (χ2v) is 7.78. The molecule has 0 atom stereocenters. The van der Waals surface area contributed by atoms with E-state index in [-0.39, 0.29) is 0 Å². The van der Waals surface area contributed by atoms with Crippen LogP contribution in [0.5, 0.6) is 5.75 Å². The van der Waals surface area contributed by atoms with Gasteiger partial charge in [-0.3, -0.25) is 14.3 Å². The van der Waals surface area contributed by atoms with Crippen LogP contribution in [0.25, 0.3) is 17.2 Å². The Kier molecular flexibility index (Phi) is 5.39. The number of ether oxygens (including phenoxy) is 1. The predicted molar refractivity (Wildman–Crippen MR) is 123 cm³/mol. The van der Waals surface area contributed by atoms with Gasteiger partial charge in [-0.1, -0.05) is 48.0 Å². The van der Waals surface area contributed by atoms with Crippen molar-refractivity contribution in [3.05, 3.63) is 95.2 Å². The standard InChI is InChI=1S/C23H21N7OS/c1-17-7-9-18(10-8-17)14-29-15-19(13-24-29)30-22(25-26-23(30)32)21-11-12-28(27-21)16-31-20-5-3-2-4-6-20/h2-13,15H,14,16H2,1H3,(H,26,32). The van der Waals surface area contributed by atoms with Gasteiger partial charge in [0.15, 0.2) is 17.3 Å². The molecule has 0 aliphatic rings. The monoisotopic (exact) mass is 443 g/mol. The molecule has 5 rings (SSSR count). The lowest BCUT2D eigenvalue weighted by Gasteiger charge is -2.05. The second-order valence-electron chi connectivity index (χ2n) is 7.40. The van der Waals surface area contributed by atoms with Crippen molar-refractivity contribution in [1.82, 2.24) is 34.3 Å². The van der Waals surface area contributed by atoms with Crippen LogP contribution >= 0.6 is 12.2 Å². The molecule has 3 aromatic heterocycles. The Hall–Kier alpha value is -3.98. The lowest BCUT2D eigenvalue weighted by atomic mass is 10.1. The Balaban J connectivity index is 1.36. The summed E-state index contributed by atoms with van der Waals surface area (Å²) >= 11 is 5.48. The minimum atomic E-state index is 0.295. The average molecular weight is 444 g/mol. The summed E-state index contributed by atoms with van der Waals surface area (Å²) in [5, 5.41) is 16.3. The van der Waals surface area contributed by atoms with E-state index in [1.807, 2.05) is 58.0 Å². The molecule has 0 saturated heterocycles. The highest BCUT2D eigenvalue weighted by Gasteiger charge is 2.15. The van der Waals surface area contributed by atoms with Crippen LogP contribution in [0.4, 0.5) is 0 Å². The molecule has 0 spiro atoms. The Labute approximate surface area is 189 Å². The molecule has 0 bridgehead atoms. The predicted octanol–water partition coefficient (Wildman–Crippen LogP) is 4.38. The molecule has 0 radical (unpaired) electrons. The first kappa shape index (κ1) is 20.0. The molecule has 0 amide bonds. The van der Waals surface area contributed by atoms with Crippen LogP contribution in [0.15, 0.2) is 79.3 Å². The number of aromatic amines is 1. The molecule has 0 saturated carbocycles. The Bertz CT molecular complexity index is 1380.